The molecule has 4 saturated carbocycles. The van der Waals surface area contributed by atoms with Gasteiger partial charge in [-0.15, -0.1) is 0 Å². The average Bonchev–Trinajstić information content (AvgIpc) is 3.33. The molecule has 0 radical (unpaired) electrons. The van der Waals surface area contributed by atoms with Gasteiger partial charge in [-0.1, -0.05) is 46.3 Å². The van der Waals surface area contributed by atoms with Crippen molar-refractivity contribution in [1.82, 2.24) is 0 Å². The summed E-state index contributed by atoms with van der Waals surface area (Å²) in [6.45, 7) is 16.7. The van der Waals surface area contributed by atoms with E-state index < -0.39 is 66.6 Å². The van der Waals surface area contributed by atoms with E-state index in [1.807, 2.05) is 20.8 Å². The minimum absolute atomic E-state index is 0.0692. The number of allylic oxidation sites excluding steroid dienone is 2. The Kier molecular flexibility index (Phi) is 9.56. The first-order valence-electron chi connectivity index (χ1n) is 17.4. The zero-order chi connectivity index (χ0) is 33.5. The van der Waals surface area contributed by atoms with Crippen LogP contribution >= 0.6 is 0 Å². The molecule has 16 unspecified atom stereocenters. The molecule has 9 nitrogen and oxygen atoms in total. The predicted octanol–water partition coefficient (Wildman–Crippen LogP) is 3.30. The van der Waals surface area contributed by atoms with Gasteiger partial charge in [0.2, 0.25) is 0 Å². The van der Waals surface area contributed by atoms with Crippen LogP contribution in [0.5, 0.6) is 0 Å². The highest BCUT2D eigenvalue weighted by Gasteiger charge is 2.73. The fraction of sp³-hybridized carbons (Fsp3) is 0.944. The fourth-order valence-electron chi connectivity index (χ4n) is 12.0. The second kappa shape index (κ2) is 12.1. The number of aliphatic hydroxyl groups is 7. The summed E-state index contributed by atoms with van der Waals surface area (Å²) < 4.78 is 12.6. The monoisotopic (exact) mass is 638 g/mol. The standard InChI is InChI=1S/C36H62O9/c1-19(2)10-9-13-36(8,45-31-29(43)28(42)27(41)23(18-37)44-31)20-11-15-34(6)26(20)21(38)16-24-33(5)14-12-25(40)32(3,4)30(33)22(39)17-35(24,34)7/h10,20-31,37-43H,9,11-18H2,1-8H3. The molecule has 1 heterocycles. The molecule has 45 heavy (non-hydrogen) atoms. The van der Waals surface area contributed by atoms with Gasteiger partial charge >= 0.3 is 0 Å². The van der Waals surface area contributed by atoms with E-state index in [2.05, 4.69) is 40.7 Å². The van der Waals surface area contributed by atoms with E-state index in [9.17, 15) is 35.7 Å². The molecule has 1 saturated heterocycles. The van der Waals surface area contributed by atoms with Gasteiger partial charge in [-0.25, -0.2) is 0 Å². The normalized spacial score (nSPS) is 52.2. The minimum atomic E-state index is -1.53. The molecule has 0 aromatic carbocycles. The summed E-state index contributed by atoms with van der Waals surface area (Å²) in [5.41, 5.74) is -0.944. The second-order valence-electron chi connectivity index (χ2n) is 17.4. The maximum atomic E-state index is 12.2. The van der Waals surface area contributed by atoms with Crippen molar-refractivity contribution in [3.63, 3.8) is 0 Å². The van der Waals surface area contributed by atoms with Gasteiger partial charge in [0.1, 0.15) is 24.4 Å². The van der Waals surface area contributed by atoms with Crippen molar-refractivity contribution in [2.24, 2.45) is 45.3 Å². The summed E-state index contributed by atoms with van der Waals surface area (Å²) in [6.07, 6.45) is -0.678. The summed E-state index contributed by atoms with van der Waals surface area (Å²) in [7, 11) is 0. The number of ether oxygens (including phenoxy) is 2. The van der Waals surface area contributed by atoms with Crippen molar-refractivity contribution in [3.05, 3.63) is 11.6 Å². The van der Waals surface area contributed by atoms with Crippen molar-refractivity contribution in [1.29, 1.82) is 0 Å². The van der Waals surface area contributed by atoms with Crippen molar-refractivity contribution < 1.29 is 45.2 Å². The van der Waals surface area contributed by atoms with Crippen molar-refractivity contribution in [2.75, 3.05) is 6.61 Å². The van der Waals surface area contributed by atoms with Crippen LogP contribution in [0.15, 0.2) is 11.6 Å². The van der Waals surface area contributed by atoms with Gasteiger partial charge in [0, 0.05) is 0 Å². The highest BCUT2D eigenvalue weighted by Crippen LogP contribution is 2.76. The number of fused-ring (bicyclic) bond motifs is 5. The second-order valence-corrected chi connectivity index (χ2v) is 17.4. The first-order valence-corrected chi connectivity index (χ1v) is 17.4. The molecule has 4 aliphatic carbocycles. The van der Waals surface area contributed by atoms with Crippen molar-refractivity contribution in [2.45, 2.75) is 161 Å². The average molecular weight is 639 g/mol. The van der Waals surface area contributed by atoms with E-state index in [1.54, 1.807) is 0 Å². The lowest BCUT2D eigenvalue weighted by Crippen LogP contribution is -2.70. The van der Waals surface area contributed by atoms with Crippen molar-refractivity contribution in [3.8, 4) is 0 Å². The van der Waals surface area contributed by atoms with Crippen LogP contribution in [0.2, 0.25) is 0 Å². The lowest BCUT2D eigenvalue weighted by atomic mass is 9.34. The molecule has 5 fully saturated rings. The summed E-state index contributed by atoms with van der Waals surface area (Å²) in [5, 5.41) is 76.9. The summed E-state index contributed by atoms with van der Waals surface area (Å²) in [4.78, 5) is 0. The zero-order valence-corrected chi connectivity index (χ0v) is 28.8. The van der Waals surface area contributed by atoms with E-state index in [0.29, 0.717) is 32.1 Å². The highest BCUT2D eigenvalue weighted by molar-refractivity contribution is 5.21. The van der Waals surface area contributed by atoms with Crippen LogP contribution in [0.1, 0.15) is 107 Å². The van der Waals surface area contributed by atoms with Gasteiger partial charge < -0.3 is 45.2 Å². The van der Waals surface area contributed by atoms with Crippen LogP contribution in [0, 0.1) is 45.3 Å². The third-order valence-corrected chi connectivity index (χ3v) is 14.5. The Morgan fingerprint density at radius 3 is 2.18 bits per heavy atom. The number of hydrogen-bond acceptors (Lipinski definition) is 9. The number of aliphatic hydroxyl groups excluding tert-OH is 7. The molecule has 0 bridgehead atoms. The van der Waals surface area contributed by atoms with Gasteiger partial charge in [-0.3, -0.25) is 0 Å². The van der Waals surface area contributed by atoms with Crippen LogP contribution in [-0.2, 0) is 9.47 Å². The quantitative estimate of drug-likeness (QED) is 0.208. The molecule has 5 rings (SSSR count). The minimum Gasteiger partial charge on any atom is -0.394 e. The molecule has 0 amide bonds. The predicted molar refractivity (Wildman–Crippen MR) is 170 cm³/mol. The van der Waals surface area contributed by atoms with E-state index in [4.69, 9.17) is 9.47 Å². The Bertz CT molecular complexity index is 1110. The molecule has 1 aliphatic heterocycles. The summed E-state index contributed by atoms with van der Waals surface area (Å²) in [6, 6.07) is 0. The van der Waals surface area contributed by atoms with E-state index in [0.717, 1.165) is 19.3 Å². The maximum Gasteiger partial charge on any atom is 0.187 e. The summed E-state index contributed by atoms with van der Waals surface area (Å²) in [5.74, 6) is -0.154. The lowest BCUT2D eigenvalue weighted by Gasteiger charge is -2.71. The number of hydrogen-bond donors (Lipinski definition) is 7. The molecule has 7 N–H and O–H groups in total. The van der Waals surface area contributed by atoms with Crippen molar-refractivity contribution >= 4 is 0 Å². The Balaban J connectivity index is 1.51. The molecule has 5 aliphatic rings. The van der Waals surface area contributed by atoms with Gasteiger partial charge in [0.15, 0.2) is 6.29 Å². The van der Waals surface area contributed by atoms with Crippen LogP contribution in [0.3, 0.4) is 0 Å². The molecular formula is C36H62O9. The first kappa shape index (κ1) is 35.7. The number of rotatable bonds is 7. The smallest absolute Gasteiger partial charge is 0.187 e. The Labute approximate surface area is 270 Å². The van der Waals surface area contributed by atoms with Crippen LogP contribution in [-0.4, -0.2) is 97.0 Å². The molecule has 0 aromatic rings. The summed E-state index contributed by atoms with van der Waals surface area (Å²) >= 11 is 0. The highest BCUT2D eigenvalue weighted by atomic mass is 16.7. The maximum absolute atomic E-state index is 12.2. The molecule has 16 atom stereocenters. The van der Waals surface area contributed by atoms with Gasteiger partial charge in [-0.05, 0) is 117 Å². The van der Waals surface area contributed by atoms with E-state index in [1.165, 1.54) is 5.57 Å². The topological polar surface area (TPSA) is 160 Å². The fourth-order valence-corrected chi connectivity index (χ4v) is 12.0. The molecule has 0 spiro atoms. The van der Waals surface area contributed by atoms with E-state index in [-0.39, 0.29) is 39.9 Å². The Morgan fingerprint density at radius 1 is 0.889 bits per heavy atom. The van der Waals surface area contributed by atoms with Gasteiger partial charge in [0.05, 0.1) is 30.5 Å². The molecular weight excluding hydrogens is 576 g/mol. The van der Waals surface area contributed by atoms with Crippen LogP contribution < -0.4 is 0 Å². The Morgan fingerprint density at radius 2 is 1.56 bits per heavy atom. The van der Waals surface area contributed by atoms with Gasteiger partial charge in [-0.2, -0.15) is 0 Å². The van der Waals surface area contributed by atoms with Gasteiger partial charge in [0.25, 0.3) is 0 Å². The largest absolute Gasteiger partial charge is 0.394 e. The van der Waals surface area contributed by atoms with Crippen LogP contribution in [0.4, 0.5) is 0 Å². The zero-order valence-electron chi connectivity index (χ0n) is 28.8. The molecule has 260 valence electrons. The van der Waals surface area contributed by atoms with Crippen LogP contribution in [0.25, 0.3) is 0 Å². The lowest BCUT2D eigenvalue weighted by molar-refractivity contribution is -0.336. The SMILES string of the molecule is CC(C)=CCCC(C)(OC1OC(CO)C(O)C(O)C1O)C1CCC2(C)C1C(O)CC1C3(C)CCC(O)C(C)(C)C3C(O)CC12C. The Hall–Kier alpha value is -0.620. The molecule has 0 aromatic heterocycles. The molecule has 9 heteroatoms. The van der Waals surface area contributed by atoms with E-state index >= 15 is 0 Å². The third-order valence-electron chi connectivity index (χ3n) is 14.5. The first-order chi connectivity index (χ1) is 20.8. The third kappa shape index (κ3) is 5.39.